The number of ether oxygens (including phenoxy) is 1. The monoisotopic (exact) mass is 272 g/mol. The third-order valence-electron chi connectivity index (χ3n) is 3.39. The van der Waals surface area contributed by atoms with Gasteiger partial charge in [0, 0.05) is 19.5 Å². The maximum absolute atomic E-state index is 11.9. The molecule has 0 bridgehead atoms. The largest absolute Gasteiger partial charge is 0.481 e. The summed E-state index contributed by atoms with van der Waals surface area (Å²) < 4.78 is 5.49. The fourth-order valence-electron chi connectivity index (χ4n) is 2.10. The van der Waals surface area contributed by atoms with E-state index in [1.807, 2.05) is 11.8 Å². The number of nitrogens with two attached hydrogens (primary N) is 1. The van der Waals surface area contributed by atoms with Crippen LogP contribution in [0.1, 0.15) is 32.6 Å². The molecule has 1 fully saturated rings. The Kier molecular flexibility index (Phi) is 6.80. The van der Waals surface area contributed by atoms with E-state index in [2.05, 4.69) is 0 Å². The Morgan fingerprint density at radius 2 is 2.05 bits per heavy atom. The van der Waals surface area contributed by atoms with Crippen molar-refractivity contribution < 1.29 is 19.4 Å². The molecule has 0 aromatic carbocycles. The van der Waals surface area contributed by atoms with Crippen LogP contribution in [0.4, 0.5) is 0 Å². The third kappa shape index (κ3) is 6.02. The van der Waals surface area contributed by atoms with Crippen LogP contribution in [0.3, 0.4) is 0 Å². The number of amides is 1. The van der Waals surface area contributed by atoms with E-state index in [-0.39, 0.29) is 31.0 Å². The number of carboxylic acid groups (broad SMARTS) is 1. The van der Waals surface area contributed by atoms with Gasteiger partial charge in [-0.2, -0.15) is 0 Å². The van der Waals surface area contributed by atoms with Gasteiger partial charge in [-0.15, -0.1) is 0 Å². The Balaban J connectivity index is 2.21. The first-order valence-electron chi connectivity index (χ1n) is 6.84. The van der Waals surface area contributed by atoms with E-state index in [0.29, 0.717) is 26.1 Å². The van der Waals surface area contributed by atoms with Crippen LogP contribution in [-0.4, -0.2) is 54.2 Å². The van der Waals surface area contributed by atoms with Gasteiger partial charge in [0.2, 0.25) is 5.91 Å². The van der Waals surface area contributed by atoms with Crippen molar-refractivity contribution in [2.24, 2.45) is 11.7 Å². The number of likely N-dealkylation sites (tertiary alicyclic amines) is 1. The lowest BCUT2D eigenvalue weighted by atomic mass is 10.0. The van der Waals surface area contributed by atoms with Crippen molar-refractivity contribution in [3.63, 3.8) is 0 Å². The van der Waals surface area contributed by atoms with Crippen LogP contribution in [0.5, 0.6) is 0 Å². The van der Waals surface area contributed by atoms with Crippen molar-refractivity contribution in [1.82, 2.24) is 4.90 Å². The standard InChI is InChI=1S/C13H24N2O4/c1-10(9-14)8-12(16)15-5-2-11(3-6-15)19-7-4-13(17)18/h10-11H,2-9,14H2,1H3,(H,17,18). The van der Waals surface area contributed by atoms with Gasteiger partial charge < -0.3 is 20.5 Å². The molecule has 1 aliphatic rings. The number of rotatable bonds is 7. The normalized spacial score (nSPS) is 18.3. The number of aliphatic carboxylic acids is 1. The molecular weight excluding hydrogens is 248 g/mol. The van der Waals surface area contributed by atoms with Crippen molar-refractivity contribution in [2.75, 3.05) is 26.2 Å². The Hall–Kier alpha value is -1.14. The van der Waals surface area contributed by atoms with Gasteiger partial charge in [-0.05, 0) is 25.3 Å². The second kappa shape index (κ2) is 8.12. The van der Waals surface area contributed by atoms with E-state index >= 15 is 0 Å². The first-order valence-corrected chi connectivity index (χ1v) is 6.84. The highest BCUT2D eigenvalue weighted by atomic mass is 16.5. The molecule has 1 unspecified atom stereocenters. The lowest BCUT2D eigenvalue weighted by molar-refractivity contribution is -0.139. The zero-order valence-corrected chi connectivity index (χ0v) is 11.5. The number of piperidine rings is 1. The van der Waals surface area contributed by atoms with Crippen LogP contribution in [0.25, 0.3) is 0 Å². The summed E-state index contributed by atoms with van der Waals surface area (Å²) >= 11 is 0. The SMILES string of the molecule is CC(CN)CC(=O)N1CCC(OCCC(=O)O)CC1. The van der Waals surface area contributed by atoms with Gasteiger partial charge in [-0.3, -0.25) is 9.59 Å². The van der Waals surface area contributed by atoms with Crippen molar-refractivity contribution >= 4 is 11.9 Å². The summed E-state index contributed by atoms with van der Waals surface area (Å²) in [5, 5.41) is 8.52. The molecule has 1 saturated heterocycles. The van der Waals surface area contributed by atoms with Gasteiger partial charge in [-0.25, -0.2) is 0 Å². The molecule has 1 rings (SSSR count). The van der Waals surface area contributed by atoms with Gasteiger partial charge in [0.25, 0.3) is 0 Å². The molecule has 0 spiro atoms. The second-order valence-corrected chi connectivity index (χ2v) is 5.14. The zero-order chi connectivity index (χ0) is 14.3. The number of hydrogen-bond acceptors (Lipinski definition) is 4. The highest BCUT2D eigenvalue weighted by molar-refractivity contribution is 5.76. The minimum absolute atomic E-state index is 0.0349. The summed E-state index contributed by atoms with van der Waals surface area (Å²) in [4.78, 5) is 24.2. The Morgan fingerprint density at radius 3 is 2.58 bits per heavy atom. The molecule has 1 amide bonds. The summed E-state index contributed by atoms with van der Waals surface area (Å²) in [7, 11) is 0. The van der Waals surface area contributed by atoms with E-state index in [1.165, 1.54) is 0 Å². The van der Waals surface area contributed by atoms with Crippen molar-refractivity contribution in [2.45, 2.75) is 38.7 Å². The molecule has 6 nitrogen and oxygen atoms in total. The maximum Gasteiger partial charge on any atom is 0.305 e. The number of hydrogen-bond donors (Lipinski definition) is 2. The van der Waals surface area contributed by atoms with Crippen LogP contribution in [0.2, 0.25) is 0 Å². The molecule has 0 aromatic heterocycles. The summed E-state index contributed by atoms with van der Waals surface area (Å²) in [5.74, 6) is -0.470. The smallest absolute Gasteiger partial charge is 0.305 e. The predicted octanol–water partition coefficient (Wildman–Crippen LogP) is 0.454. The van der Waals surface area contributed by atoms with E-state index in [1.54, 1.807) is 0 Å². The highest BCUT2D eigenvalue weighted by Gasteiger charge is 2.23. The van der Waals surface area contributed by atoms with Crippen molar-refractivity contribution in [3.05, 3.63) is 0 Å². The number of carboxylic acids is 1. The van der Waals surface area contributed by atoms with Crippen LogP contribution in [-0.2, 0) is 14.3 Å². The average molecular weight is 272 g/mol. The topological polar surface area (TPSA) is 92.9 Å². The molecule has 1 heterocycles. The van der Waals surface area contributed by atoms with Crippen molar-refractivity contribution in [3.8, 4) is 0 Å². The number of carbonyl (C=O) groups excluding carboxylic acids is 1. The van der Waals surface area contributed by atoms with E-state index in [9.17, 15) is 9.59 Å². The zero-order valence-electron chi connectivity index (χ0n) is 11.5. The molecule has 6 heteroatoms. The molecule has 0 aromatic rings. The molecule has 19 heavy (non-hydrogen) atoms. The highest BCUT2D eigenvalue weighted by Crippen LogP contribution is 2.16. The minimum atomic E-state index is -0.844. The number of carbonyl (C=O) groups is 2. The molecule has 1 atom stereocenters. The van der Waals surface area contributed by atoms with Gasteiger partial charge in [0.15, 0.2) is 0 Å². The van der Waals surface area contributed by atoms with E-state index in [4.69, 9.17) is 15.6 Å². The molecule has 0 radical (unpaired) electrons. The Labute approximate surface area is 113 Å². The first-order chi connectivity index (χ1) is 9.02. The van der Waals surface area contributed by atoms with Crippen molar-refractivity contribution in [1.29, 1.82) is 0 Å². The summed E-state index contributed by atoms with van der Waals surface area (Å²) in [5.41, 5.74) is 5.51. The molecule has 110 valence electrons. The fraction of sp³-hybridized carbons (Fsp3) is 0.846. The Morgan fingerprint density at radius 1 is 1.42 bits per heavy atom. The lowest BCUT2D eigenvalue weighted by Crippen LogP contribution is -2.41. The number of nitrogens with zero attached hydrogens (tertiary/aromatic N) is 1. The van der Waals surface area contributed by atoms with Crippen LogP contribution >= 0.6 is 0 Å². The van der Waals surface area contributed by atoms with Gasteiger partial charge in [0.05, 0.1) is 19.1 Å². The van der Waals surface area contributed by atoms with Crippen LogP contribution in [0.15, 0.2) is 0 Å². The molecule has 1 aliphatic heterocycles. The Bertz CT molecular complexity index is 301. The summed E-state index contributed by atoms with van der Waals surface area (Å²) in [6.45, 7) is 4.13. The van der Waals surface area contributed by atoms with Crippen LogP contribution in [0, 0.1) is 5.92 Å². The summed E-state index contributed by atoms with van der Waals surface area (Å²) in [6, 6.07) is 0. The average Bonchev–Trinajstić information content (AvgIpc) is 2.38. The first kappa shape index (κ1) is 15.9. The maximum atomic E-state index is 11.9. The molecule has 0 aliphatic carbocycles. The molecule has 0 saturated carbocycles. The fourth-order valence-corrected chi connectivity index (χ4v) is 2.10. The predicted molar refractivity (Wildman–Crippen MR) is 70.6 cm³/mol. The van der Waals surface area contributed by atoms with Gasteiger partial charge in [0.1, 0.15) is 0 Å². The van der Waals surface area contributed by atoms with Gasteiger partial charge in [-0.1, -0.05) is 6.92 Å². The van der Waals surface area contributed by atoms with E-state index < -0.39 is 5.97 Å². The lowest BCUT2D eigenvalue weighted by Gasteiger charge is -2.32. The molecule has 3 N–H and O–H groups in total. The van der Waals surface area contributed by atoms with E-state index in [0.717, 1.165) is 12.8 Å². The van der Waals surface area contributed by atoms with Gasteiger partial charge >= 0.3 is 5.97 Å². The quantitative estimate of drug-likeness (QED) is 0.702. The third-order valence-corrected chi connectivity index (χ3v) is 3.39. The van der Waals surface area contributed by atoms with Crippen LogP contribution < -0.4 is 5.73 Å². The minimum Gasteiger partial charge on any atom is -0.481 e. The second-order valence-electron chi connectivity index (χ2n) is 5.14. The molecular formula is C13H24N2O4. The summed E-state index contributed by atoms with van der Waals surface area (Å²) in [6.07, 6.45) is 2.18.